The van der Waals surface area contributed by atoms with Crippen LogP contribution in [-0.4, -0.2) is 23.4 Å². The summed E-state index contributed by atoms with van der Waals surface area (Å²) in [6.07, 6.45) is 1.76. The zero-order valence-corrected chi connectivity index (χ0v) is 9.82. The number of ketones is 1. The van der Waals surface area contributed by atoms with Crippen molar-refractivity contribution in [3.8, 4) is 0 Å². The lowest BCUT2D eigenvalue weighted by Gasteiger charge is -2.27. The molecule has 3 heteroatoms. The van der Waals surface area contributed by atoms with Crippen LogP contribution in [0.4, 0.5) is 5.69 Å². The summed E-state index contributed by atoms with van der Waals surface area (Å²) in [5, 5.41) is 0. The SMILES string of the molecule is CCN(c1ccc(C(C)=O)nc1)C(C)C. The third kappa shape index (κ3) is 2.78. The van der Waals surface area contributed by atoms with Crippen molar-refractivity contribution in [3.63, 3.8) is 0 Å². The molecule has 3 nitrogen and oxygen atoms in total. The van der Waals surface area contributed by atoms with Gasteiger partial charge in [-0.05, 0) is 32.9 Å². The Hall–Kier alpha value is -1.38. The van der Waals surface area contributed by atoms with E-state index in [9.17, 15) is 4.79 Å². The van der Waals surface area contributed by atoms with E-state index >= 15 is 0 Å². The maximum atomic E-state index is 11.1. The third-order valence-electron chi connectivity index (χ3n) is 2.40. The summed E-state index contributed by atoms with van der Waals surface area (Å²) in [7, 11) is 0. The van der Waals surface area contributed by atoms with E-state index in [1.807, 2.05) is 6.07 Å². The Morgan fingerprint density at radius 1 is 1.47 bits per heavy atom. The summed E-state index contributed by atoms with van der Waals surface area (Å²) < 4.78 is 0. The summed E-state index contributed by atoms with van der Waals surface area (Å²) in [6.45, 7) is 8.87. The van der Waals surface area contributed by atoms with Crippen LogP contribution in [0.2, 0.25) is 0 Å². The van der Waals surface area contributed by atoms with Crippen molar-refractivity contribution in [1.29, 1.82) is 0 Å². The number of pyridine rings is 1. The second-order valence-electron chi connectivity index (χ2n) is 3.84. The van der Waals surface area contributed by atoms with Gasteiger partial charge in [0.25, 0.3) is 0 Å². The Bertz CT molecular complexity index is 330. The van der Waals surface area contributed by atoms with Gasteiger partial charge in [-0.1, -0.05) is 0 Å². The molecule has 0 fully saturated rings. The van der Waals surface area contributed by atoms with E-state index in [4.69, 9.17) is 0 Å². The lowest BCUT2D eigenvalue weighted by Crippen LogP contribution is -2.30. The minimum atomic E-state index is 0.00847. The summed E-state index contributed by atoms with van der Waals surface area (Å²) in [5.74, 6) is 0.00847. The molecule has 15 heavy (non-hydrogen) atoms. The van der Waals surface area contributed by atoms with Crippen LogP contribution in [0.25, 0.3) is 0 Å². The second-order valence-corrected chi connectivity index (χ2v) is 3.84. The Labute approximate surface area is 91.1 Å². The average Bonchev–Trinajstić information content (AvgIpc) is 2.19. The van der Waals surface area contributed by atoms with Gasteiger partial charge in [0.15, 0.2) is 5.78 Å². The minimum Gasteiger partial charge on any atom is -0.368 e. The van der Waals surface area contributed by atoms with E-state index in [1.165, 1.54) is 6.92 Å². The Morgan fingerprint density at radius 3 is 2.47 bits per heavy atom. The van der Waals surface area contributed by atoms with Crippen molar-refractivity contribution in [2.75, 3.05) is 11.4 Å². The summed E-state index contributed by atoms with van der Waals surface area (Å²) in [4.78, 5) is 17.4. The smallest absolute Gasteiger partial charge is 0.178 e. The molecule has 0 amide bonds. The maximum absolute atomic E-state index is 11.1. The number of carbonyl (C=O) groups is 1. The normalized spacial score (nSPS) is 10.5. The quantitative estimate of drug-likeness (QED) is 0.710. The zero-order chi connectivity index (χ0) is 11.4. The number of hydrogen-bond acceptors (Lipinski definition) is 3. The van der Waals surface area contributed by atoms with Gasteiger partial charge in [-0.25, -0.2) is 0 Å². The van der Waals surface area contributed by atoms with Crippen molar-refractivity contribution in [1.82, 2.24) is 4.98 Å². The number of rotatable bonds is 4. The van der Waals surface area contributed by atoms with Crippen molar-refractivity contribution in [2.45, 2.75) is 33.7 Å². The molecule has 0 saturated heterocycles. The van der Waals surface area contributed by atoms with Gasteiger partial charge >= 0.3 is 0 Å². The fraction of sp³-hybridized carbons (Fsp3) is 0.500. The summed E-state index contributed by atoms with van der Waals surface area (Å²) in [5.41, 5.74) is 1.59. The first-order valence-corrected chi connectivity index (χ1v) is 5.30. The maximum Gasteiger partial charge on any atom is 0.178 e. The van der Waals surface area contributed by atoms with E-state index in [-0.39, 0.29) is 5.78 Å². The Balaban J connectivity index is 2.92. The van der Waals surface area contributed by atoms with Crippen LogP contribution < -0.4 is 4.90 Å². The molecule has 0 aliphatic rings. The number of nitrogens with zero attached hydrogens (tertiary/aromatic N) is 2. The minimum absolute atomic E-state index is 0.00847. The van der Waals surface area contributed by atoms with Crippen molar-refractivity contribution in [2.24, 2.45) is 0 Å². The molecule has 0 spiro atoms. The van der Waals surface area contributed by atoms with Crippen LogP contribution in [0, 0.1) is 0 Å². The van der Waals surface area contributed by atoms with Crippen LogP contribution in [0.5, 0.6) is 0 Å². The molecule has 0 saturated carbocycles. The molecule has 0 N–H and O–H groups in total. The van der Waals surface area contributed by atoms with E-state index in [2.05, 4.69) is 30.7 Å². The largest absolute Gasteiger partial charge is 0.368 e. The van der Waals surface area contributed by atoms with E-state index in [1.54, 1.807) is 12.3 Å². The third-order valence-corrected chi connectivity index (χ3v) is 2.40. The average molecular weight is 206 g/mol. The highest BCUT2D eigenvalue weighted by Crippen LogP contribution is 2.15. The number of carbonyl (C=O) groups excluding carboxylic acids is 1. The molecule has 1 heterocycles. The van der Waals surface area contributed by atoms with Gasteiger partial charge in [0.1, 0.15) is 5.69 Å². The summed E-state index contributed by atoms with van der Waals surface area (Å²) >= 11 is 0. The molecule has 1 aromatic rings. The number of hydrogen-bond donors (Lipinski definition) is 0. The lowest BCUT2D eigenvalue weighted by atomic mass is 10.2. The van der Waals surface area contributed by atoms with Gasteiger partial charge in [-0.2, -0.15) is 0 Å². The highest BCUT2D eigenvalue weighted by atomic mass is 16.1. The molecule has 0 atom stereocenters. The summed E-state index contributed by atoms with van der Waals surface area (Å²) in [6, 6.07) is 4.18. The first-order valence-electron chi connectivity index (χ1n) is 5.30. The van der Waals surface area contributed by atoms with Gasteiger partial charge in [-0.3, -0.25) is 9.78 Å². The monoisotopic (exact) mass is 206 g/mol. The Kier molecular flexibility index (Phi) is 3.83. The second kappa shape index (κ2) is 4.91. The van der Waals surface area contributed by atoms with Gasteiger partial charge in [0, 0.05) is 19.5 Å². The predicted molar refractivity (Wildman–Crippen MR) is 62.4 cm³/mol. The first kappa shape index (κ1) is 11.7. The van der Waals surface area contributed by atoms with Gasteiger partial charge < -0.3 is 4.90 Å². The molecule has 0 bridgehead atoms. The molecule has 0 radical (unpaired) electrons. The zero-order valence-electron chi connectivity index (χ0n) is 9.82. The number of Topliss-reactive ketones (excluding diaryl/α,β-unsaturated/α-hetero) is 1. The van der Waals surface area contributed by atoms with Gasteiger partial charge in [-0.15, -0.1) is 0 Å². The van der Waals surface area contributed by atoms with Crippen LogP contribution in [-0.2, 0) is 0 Å². The van der Waals surface area contributed by atoms with Gasteiger partial charge in [0.2, 0.25) is 0 Å². The number of anilines is 1. The standard InChI is InChI=1S/C12H18N2O/c1-5-14(9(2)3)11-6-7-12(10(4)15)13-8-11/h6-9H,5H2,1-4H3. The van der Waals surface area contributed by atoms with E-state index in [0.717, 1.165) is 12.2 Å². The van der Waals surface area contributed by atoms with Gasteiger partial charge in [0.05, 0.1) is 11.9 Å². The fourth-order valence-electron chi connectivity index (χ4n) is 1.61. The molecule has 0 unspecified atom stereocenters. The van der Waals surface area contributed by atoms with Crippen LogP contribution in [0.3, 0.4) is 0 Å². The van der Waals surface area contributed by atoms with E-state index < -0.39 is 0 Å². The first-order chi connectivity index (χ1) is 7.06. The van der Waals surface area contributed by atoms with Crippen molar-refractivity contribution in [3.05, 3.63) is 24.0 Å². The molecule has 1 rings (SSSR count). The molecular weight excluding hydrogens is 188 g/mol. The molecular formula is C12H18N2O. The topological polar surface area (TPSA) is 33.2 Å². The lowest BCUT2D eigenvalue weighted by molar-refractivity contribution is 0.101. The molecule has 0 aliphatic carbocycles. The van der Waals surface area contributed by atoms with Crippen LogP contribution >= 0.6 is 0 Å². The molecule has 1 aromatic heterocycles. The predicted octanol–water partition coefficient (Wildman–Crippen LogP) is 2.52. The highest BCUT2D eigenvalue weighted by Gasteiger charge is 2.09. The number of aromatic nitrogens is 1. The van der Waals surface area contributed by atoms with Crippen molar-refractivity contribution < 1.29 is 4.79 Å². The van der Waals surface area contributed by atoms with Crippen molar-refractivity contribution >= 4 is 11.5 Å². The Morgan fingerprint density at radius 2 is 2.13 bits per heavy atom. The van der Waals surface area contributed by atoms with Crippen LogP contribution in [0.15, 0.2) is 18.3 Å². The molecule has 0 aliphatic heterocycles. The fourth-order valence-corrected chi connectivity index (χ4v) is 1.61. The van der Waals surface area contributed by atoms with Crippen LogP contribution in [0.1, 0.15) is 38.2 Å². The molecule has 82 valence electrons. The highest BCUT2D eigenvalue weighted by molar-refractivity contribution is 5.92. The van der Waals surface area contributed by atoms with E-state index in [0.29, 0.717) is 11.7 Å². The molecule has 0 aromatic carbocycles.